The van der Waals surface area contributed by atoms with Crippen molar-refractivity contribution >= 4 is 6.29 Å². The van der Waals surface area contributed by atoms with Gasteiger partial charge in [0.05, 0.1) is 12.0 Å². The Bertz CT molecular complexity index is 521. The molecule has 2 rings (SSSR count). The largest absolute Gasteiger partial charge is 0.351 e. The van der Waals surface area contributed by atoms with Gasteiger partial charge in [0.1, 0.15) is 0 Å². The molecule has 0 spiro atoms. The monoisotopic (exact) mass is 196 g/mol. The van der Waals surface area contributed by atoms with E-state index >= 15 is 0 Å². The van der Waals surface area contributed by atoms with Crippen molar-refractivity contribution < 1.29 is 4.79 Å². The van der Waals surface area contributed by atoms with Gasteiger partial charge >= 0.3 is 0 Å². The van der Waals surface area contributed by atoms with Crippen molar-refractivity contribution in [1.29, 1.82) is 0 Å². The van der Waals surface area contributed by atoms with Crippen molar-refractivity contribution in [2.24, 2.45) is 0 Å². The lowest BCUT2D eigenvalue weighted by Gasteiger charge is -2.03. The predicted octanol–water partition coefficient (Wildman–Crippen LogP) is 1.87. The van der Waals surface area contributed by atoms with Crippen LogP contribution in [0.1, 0.15) is 15.9 Å². The van der Waals surface area contributed by atoms with Gasteiger partial charge in [-0.25, -0.2) is 4.98 Å². The zero-order valence-electron chi connectivity index (χ0n) is 7.90. The van der Waals surface area contributed by atoms with Crippen LogP contribution in [-0.4, -0.2) is 16.3 Å². The third-order valence-electron chi connectivity index (χ3n) is 2.14. The van der Waals surface area contributed by atoms with Crippen LogP contribution in [0.25, 0.3) is 11.3 Å². The molecule has 2 aromatic rings. The summed E-state index contributed by atoms with van der Waals surface area (Å²) in [6, 6.07) is 5.32. The molecule has 1 aromatic carbocycles. The lowest BCUT2D eigenvalue weighted by atomic mass is 10.0. The predicted molar refractivity (Wildman–Crippen MR) is 57.3 cm³/mol. The maximum absolute atomic E-state index is 10.8. The van der Waals surface area contributed by atoms with E-state index in [2.05, 4.69) is 15.9 Å². The molecule has 1 N–H and O–H groups in total. The standard InChI is InChI=1S/C12H8N2O/c1-2-10-9(7-15)4-3-5-11(10)12-6-13-8-14-12/h1,3-8H,(H,13,14). The molecule has 0 fully saturated rings. The number of carbonyl (C=O) groups is 1. The number of hydrogen-bond acceptors (Lipinski definition) is 2. The topological polar surface area (TPSA) is 45.8 Å². The first-order valence-electron chi connectivity index (χ1n) is 4.40. The van der Waals surface area contributed by atoms with E-state index < -0.39 is 0 Å². The highest BCUT2D eigenvalue weighted by Gasteiger charge is 2.08. The van der Waals surface area contributed by atoms with Gasteiger partial charge in [-0.3, -0.25) is 4.79 Å². The van der Waals surface area contributed by atoms with Crippen molar-refractivity contribution in [3.05, 3.63) is 41.9 Å². The van der Waals surface area contributed by atoms with Crippen LogP contribution in [0.2, 0.25) is 0 Å². The number of H-pyrrole nitrogens is 1. The Morgan fingerprint density at radius 3 is 2.93 bits per heavy atom. The Labute approximate surface area is 87.2 Å². The maximum Gasteiger partial charge on any atom is 0.151 e. The van der Waals surface area contributed by atoms with Crippen molar-refractivity contribution in [1.82, 2.24) is 9.97 Å². The molecule has 1 heterocycles. The van der Waals surface area contributed by atoms with Crippen LogP contribution >= 0.6 is 0 Å². The summed E-state index contributed by atoms with van der Waals surface area (Å²) in [6.45, 7) is 0. The van der Waals surface area contributed by atoms with Crippen LogP contribution in [0, 0.1) is 12.3 Å². The number of nitrogens with one attached hydrogen (secondary N) is 1. The normalized spacial score (nSPS) is 9.53. The zero-order valence-corrected chi connectivity index (χ0v) is 7.90. The molecule has 0 radical (unpaired) electrons. The van der Waals surface area contributed by atoms with E-state index in [9.17, 15) is 4.79 Å². The average Bonchev–Trinajstić information content (AvgIpc) is 2.81. The molecule has 0 atom stereocenters. The van der Waals surface area contributed by atoms with Crippen molar-refractivity contribution in [2.75, 3.05) is 0 Å². The van der Waals surface area contributed by atoms with Crippen LogP contribution < -0.4 is 0 Å². The summed E-state index contributed by atoms with van der Waals surface area (Å²) in [5.41, 5.74) is 2.63. The third-order valence-corrected chi connectivity index (χ3v) is 2.14. The highest BCUT2D eigenvalue weighted by Crippen LogP contribution is 2.22. The second-order valence-corrected chi connectivity index (χ2v) is 2.99. The number of hydrogen-bond donors (Lipinski definition) is 1. The van der Waals surface area contributed by atoms with Crippen LogP contribution in [0.4, 0.5) is 0 Å². The van der Waals surface area contributed by atoms with E-state index in [-0.39, 0.29) is 0 Å². The first kappa shape index (κ1) is 9.22. The Kier molecular flexibility index (Phi) is 2.34. The van der Waals surface area contributed by atoms with E-state index in [1.165, 1.54) is 0 Å². The van der Waals surface area contributed by atoms with E-state index in [0.717, 1.165) is 17.5 Å². The summed E-state index contributed by atoms with van der Waals surface area (Å²) in [4.78, 5) is 17.7. The average molecular weight is 196 g/mol. The molecule has 1 aromatic heterocycles. The molecule has 3 nitrogen and oxygen atoms in total. The van der Waals surface area contributed by atoms with Crippen LogP contribution in [0.3, 0.4) is 0 Å². The number of aldehydes is 1. The quantitative estimate of drug-likeness (QED) is 0.588. The Morgan fingerprint density at radius 1 is 1.47 bits per heavy atom. The molecule has 0 unspecified atom stereocenters. The van der Waals surface area contributed by atoms with Gasteiger partial charge in [0.25, 0.3) is 0 Å². The molecular weight excluding hydrogens is 188 g/mol. The lowest BCUT2D eigenvalue weighted by Crippen LogP contribution is -1.91. The van der Waals surface area contributed by atoms with Crippen LogP contribution in [0.5, 0.6) is 0 Å². The minimum Gasteiger partial charge on any atom is -0.351 e. The number of aromatic amines is 1. The molecule has 72 valence electrons. The molecule has 15 heavy (non-hydrogen) atoms. The SMILES string of the molecule is C#Cc1c(C=O)cccc1-c1c[nH]cn1. The minimum absolute atomic E-state index is 0.512. The van der Waals surface area contributed by atoms with Crippen molar-refractivity contribution in [2.45, 2.75) is 0 Å². The highest BCUT2D eigenvalue weighted by atomic mass is 16.1. The molecule has 0 bridgehead atoms. The van der Waals surface area contributed by atoms with Gasteiger partial charge in [-0.05, 0) is 0 Å². The smallest absolute Gasteiger partial charge is 0.151 e. The van der Waals surface area contributed by atoms with Crippen LogP contribution in [0.15, 0.2) is 30.7 Å². The number of terminal acetylenes is 1. The van der Waals surface area contributed by atoms with E-state index in [1.807, 2.05) is 6.07 Å². The minimum atomic E-state index is 0.512. The Morgan fingerprint density at radius 2 is 2.33 bits per heavy atom. The molecule has 0 aliphatic rings. The number of nitrogens with zero attached hydrogens (tertiary/aromatic N) is 1. The number of rotatable bonds is 2. The first-order chi connectivity index (χ1) is 7.36. The van der Waals surface area contributed by atoms with Gasteiger partial charge in [-0.1, -0.05) is 24.1 Å². The van der Waals surface area contributed by atoms with Gasteiger partial charge in [0.15, 0.2) is 6.29 Å². The second-order valence-electron chi connectivity index (χ2n) is 2.99. The van der Waals surface area contributed by atoms with E-state index in [0.29, 0.717) is 11.1 Å². The summed E-state index contributed by atoms with van der Waals surface area (Å²) < 4.78 is 0. The molecule has 0 aliphatic heterocycles. The van der Waals surface area contributed by atoms with Gasteiger partial charge in [0, 0.05) is 22.9 Å². The fraction of sp³-hybridized carbons (Fsp3) is 0. The number of carbonyl (C=O) groups excluding carboxylic acids is 1. The summed E-state index contributed by atoms with van der Waals surface area (Å²) in [5.74, 6) is 2.52. The van der Waals surface area contributed by atoms with E-state index in [4.69, 9.17) is 6.42 Å². The lowest BCUT2D eigenvalue weighted by molar-refractivity contribution is 0.112. The van der Waals surface area contributed by atoms with Gasteiger partial charge in [-0.15, -0.1) is 6.42 Å². The fourth-order valence-electron chi connectivity index (χ4n) is 1.45. The highest BCUT2D eigenvalue weighted by molar-refractivity contribution is 5.85. The number of benzene rings is 1. The number of imidazole rings is 1. The molecule has 0 saturated carbocycles. The van der Waals surface area contributed by atoms with Crippen molar-refractivity contribution in [3.8, 4) is 23.6 Å². The van der Waals surface area contributed by atoms with Crippen molar-refractivity contribution in [3.63, 3.8) is 0 Å². The van der Waals surface area contributed by atoms with E-state index in [1.54, 1.807) is 24.7 Å². The first-order valence-corrected chi connectivity index (χ1v) is 4.40. The Balaban J connectivity index is 2.68. The number of aromatic nitrogens is 2. The molecular formula is C12H8N2O. The fourth-order valence-corrected chi connectivity index (χ4v) is 1.45. The zero-order chi connectivity index (χ0) is 10.7. The molecule has 0 aliphatic carbocycles. The van der Waals surface area contributed by atoms with Crippen LogP contribution in [-0.2, 0) is 0 Å². The van der Waals surface area contributed by atoms with Gasteiger partial charge < -0.3 is 4.98 Å². The molecule has 3 heteroatoms. The van der Waals surface area contributed by atoms with Gasteiger partial charge in [0.2, 0.25) is 0 Å². The summed E-state index contributed by atoms with van der Waals surface area (Å²) >= 11 is 0. The van der Waals surface area contributed by atoms with Gasteiger partial charge in [-0.2, -0.15) is 0 Å². The summed E-state index contributed by atoms with van der Waals surface area (Å²) in [5, 5.41) is 0. The summed E-state index contributed by atoms with van der Waals surface area (Å²) in [7, 11) is 0. The second kappa shape index (κ2) is 3.81. The molecule has 0 amide bonds. The Hall–Kier alpha value is -2.34. The third kappa shape index (κ3) is 1.53. The molecule has 0 saturated heterocycles. The maximum atomic E-state index is 10.8. The summed E-state index contributed by atoms with van der Waals surface area (Å²) in [6.07, 6.45) is 9.46.